The van der Waals surface area contributed by atoms with Crippen LogP contribution in [-0.2, 0) is 9.53 Å². The number of ether oxygens (including phenoxy) is 1. The van der Waals surface area contributed by atoms with E-state index in [1.807, 2.05) is 44.2 Å². The Labute approximate surface area is 116 Å². The normalized spacial score (nSPS) is 12.7. The number of carbonyl (C=O) groups is 1. The van der Waals surface area contributed by atoms with Gasteiger partial charge in [-0.2, -0.15) is 0 Å². The summed E-state index contributed by atoms with van der Waals surface area (Å²) in [6.45, 7) is 5.49. The number of aromatic nitrogens is 2. The third-order valence-electron chi connectivity index (χ3n) is 2.83. The van der Waals surface area contributed by atoms with Crippen molar-refractivity contribution >= 4 is 33.3 Å². The summed E-state index contributed by atoms with van der Waals surface area (Å²) < 4.78 is 6.21. The molecule has 2 rings (SSSR count). The number of anilines is 1. The monoisotopic (exact) mass is 279 g/mol. The lowest BCUT2D eigenvalue weighted by Crippen LogP contribution is -2.38. The van der Waals surface area contributed by atoms with Gasteiger partial charge in [-0.05, 0) is 32.2 Å². The molecule has 0 aliphatic carbocycles. The first-order valence-electron chi connectivity index (χ1n) is 6.12. The van der Waals surface area contributed by atoms with Gasteiger partial charge in [-0.15, -0.1) is 11.3 Å². The fourth-order valence-corrected chi connectivity index (χ4v) is 2.58. The van der Waals surface area contributed by atoms with E-state index in [1.54, 1.807) is 11.3 Å². The topological polar surface area (TPSA) is 55.3 Å². The van der Waals surface area contributed by atoms with E-state index in [0.29, 0.717) is 0 Å². The molecule has 1 atom stereocenters. The van der Waals surface area contributed by atoms with Gasteiger partial charge in [-0.3, -0.25) is 0 Å². The number of nitrogens with zero attached hydrogens (tertiary/aromatic N) is 3. The highest BCUT2D eigenvalue weighted by Crippen LogP contribution is 2.28. The van der Waals surface area contributed by atoms with Crippen molar-refractivity contribution in [2.75, 3.05) is 11.9 Å². The lowest BCUT2D eigenvalue weighted by molar-refractivity contribution is -0.148. The van der Waals surface area contributed by atoms with Crippen LogP contribution in [0.15, 0.2) is 17.8 Å². The van der Waals surface area contributed by atoms with Crippen molar-refractivity contribution in [3.8, 4) is 0 Å². The number of thiophene rings is 1. The maximum atomic E-state index is 11.9. The Morgan fingerprint density at radius 2 is 2.11 bits per heavy atom. The number of fused-ring (bicyclic) bond motifs is 1. The van der Waals surface area contributed by atoms with E-state index in [2.05, 4.69) is 9.97 Å². The zero-order valence-corrected chi connectivity index (χ0v) is 12.3. The Kier molecular flexibility index (Phi) is 3.99. The van der Waals surface area contributed by atoms with Gasteiger partial charge in [-0.1, -0.05) is 0 Å². The molecule has 0 fully saturated rings. The van der Waals surface area contributed by atoms with E-state index in [9.17, 15) is 4.79 Å². The third-order valence-corrected chi connectivity index (χ3v) is 3.73. The minimum Gasteiger partial charge on any atom is -0.461 e. The van der Waals surface area contributed by atoms with Crippen molar-refractivity contribution in [3.63, 3.8) is 0 Å². The van der Waals surface area contributed by atoms with Gasteiger partial charge in [0.2, 0.25) is 0 Å². The molecule has 0 saturated carbocycles. The maximum Gasteiger partial charge on any atom is 0.328 e. The average molecular weight is 279 g/mol. The van der Waals surface area contributed by atoms with E-state index in [1.165, 1.54) is 6.33 Å². The van der Waals surface area contributed by atoms with Crippen molar-refractivity contribution in [2.45, 2.75) is 32.9 Å². The molecule has 0 bridgehead atoms. The highest BCUT2D eigenvalue weighted by atomic mass is 32.1. The van der Waals surface area contributed by atoms with Gasteiger partial charge in [-0.25, -0.2) is 14.8 Å². The summed E-state index contributed by atoms with van der Waals surface area (Å²) in [6, 6.07) is 1.55. The van der Waals surface area contributed by atoms with Crippen LogP contribution in [0.1, 0.15) is 20.8 Å². The number of carbonyl (C=O) groups excluding carboxylic acids is 1. The largest absolute Gasteiger partial charge is 0.461 e. The van der Waals surface area contributed by atoms with E-state index in [-0.39, 0.29) is 18.1 Å². The van der Waals surface area contributed by atoms with Crippen LogP contribution < -0.4 is 4.90 Å². The Balaban J connectivity index is 2.26. The van der Waals surface area contributed by atoms with E-state index in [0.717, 1.165) is 16.0 Å². The van der Waals surface area contributed by atoms with Gasteiger partial charge < -0.3 is 9.64 Å². The molecule has 2 aromatic heterocycles. The molecule has 0 N–H and O–H groups in total. The van der Waals surface area contributed by atoms with Crippen molar-refractivity contribution in [2.24, 2.45) is 0 Å². The first-order valence-corrected chi connectivity index (χ1v) is 7.00. The van der Waals surface area contributed by atoms with Gasteiger partial charge in [0.05, 0.1) is 16.3 Å². The van der Waals surface area contributed by atoms with E-state index >= 15 is 0 Å². The van der Waals surface area contributed by atoms with Crippen molar-refractivity contribution in [3.05, 3.63) is 17.8 Å². The summed E-state index contributed by atoms with van der Waals surface area (Å²) in [4.78, 5) is 22.2. The summed E-state index contributed by atoms with van der Waals surface area (Å²) in [5.41, 5.74) is 0.895. The molecule has 1 unspecified atom stereocenters. The van der Waals surface area contributed by atoms with Gasteiger partial charge in [0.25, 0.3) is 0 Å². The average Bonchev–Trinajstić information content (AvgIpc) is 2.84. The fraction of sp³-hybridized carbons (Fsp3) is 0.462. The van der Waals surface area contributed by atoms with Crippen LogP contribution >= 0.6 is 11.3 Å². The maximum absolute atomic E-state index is 11.9. The van der Waals surface area contributed by atoms with Gasteiger partial charge >= 0.3 is 5.97 Å². The number of esters is 1. The number of likely N-dealkylation sites (N-methyl/N-ethyl adjacent to an activating group) is 1. The minimum atomic E-state index is -0.386. The summed E-state index contributed by atoms with van der Waals surface area (Å²) >= 11 is 1.57. The molecule has 6 heteroatoms. The van der Waals surface area contributed by atoms with Gasteiger partial charge in [0.15, 0.2) is 0 Å². The SMILES string of the molecule is CC(C)OC(=O)C(C)N(C)c1ncnc2ccsc12. The molecule has 0 amide bonds. The van der Waals surface area contributed by atoms with Crippen LogP contribution in [0.4, 0.5) is 5.82 Å². The summed E-state index contributed by atoms with van der Waals surface area (Å²) in [5.74, 6) is 0.508. The molecule has 19 heavy (non-hydrogen) atoms. The van der Waals surface area contributed by atoms with Crippen LogP contribution in [0.2, 0.25) is 0 Å². The molecule has 0 aromatic carbocycles. The molecule has 0 aliphatic heterocycles. The van der Waals surface area contributed by atoms with Crippen LogP contribution in [0.5, 0.6) is 0 Å². The molecule has 102 valence electrons. The predicted octanol–water partition coefficient (Wildman–Crippen LogP) is 2.47. The van der Waals surface area contributed by atoms with Crippen molar-refractivity contribution < 1.29 is 9.53 Å². The minimum absolute atomic E-state index is 0.115. The molecular weight excluding hydrogens is 262 g/mol. The predicted molar refractivity (Wildman–Crippen MR) is 76.5 cm³/mol. The van der Waals surface area contributed by atoms with Crippen LogP contribution in [-0.4, -0.2) is 35.1 Å². The molecule has 2 aromatic rings. The first kappa shape index (κ1) is 13.7. The number of hydrogen-bond donors (Lipinski definition) is 0. The molecule has 0 spiro atoms. The van der Waals surface area contributed by atoms with Crippen LogP contribution in [0.25, 0.3) is 10.2 Å². The van der Waals surface area contributed by atoms with Crippen molar-refractivity contribution in [1.82, 2.24) is 9.97 Å². The first-order chi connectivity index (χ1) is 9.00. The molecular formula is C13H17N3O2S. The van der Waals surface area contributed by atoms with E-state index < -0.39 is 0 Å². The Morgan fingerprint density at radius 3 is 2.79 bits per heavy atom. The van der Waals surface area contributed by atoms with Crippen LogP contribution in [0.3, 0.4) is 0 Å². The third kappa shape index (κ3) is 2.84. The van der Waals surface area contributed by atoms with Crippen LogP contribution in [0, 0.1) is 0 Å². The smallest absolute Gasteiger partial charge is 0.328 e. The lowest BCUT2D eigenvalue weighted by atomic mass is 10.3. The highest BCUT2D eigenvalue weighted by Gasteiger charge is 2.23. The Morgan fingerprint density at radius 1 is 1.37 bits per heavy atom. The summed E-state index contributed by atoms with van der Waals surface area (Å²) in [6.07, 6.45) is 1.40. The second-order valence-corrected chi connectivity index (χ2v) is 5.52. The molecule has 5 nitrogen and oxygen atoms in total. The summed E-state index contributed by atoms with van der Waals surface area (Å²) in [7, 11) is 1.84. The molecule has 0 aliphatic rings. The lowest BCUT2D eigenvalue weighted by Gasteiger charge is -2.25. The fourth-order valence-electron chi connectivity index (χ4n) is 1.70. The van der Waals surface area contributed by atoms with E-state index in [4.69, 9.17) is 4.74 Å². The quantitative estimate of drug-likeness (QED) is 0.805. The van der Waals surface area contributed by atoms with Crippen molar-refractivity contribution in [1.29, 1.82) is 0 Å². The highest BCUT2D eigenvalue weighted by molar-refractivity contribution is 7.17. The van der Waals surface area contributed by atoms with Gasteiger partial charge in [0, 0.05) is 7.05 Å². The second-order valence-electron chi connectivity index (χ2n) is 4.60. The van der Waals surface area contributed by atoms with Gasteiger partial charge in [0.1, 0.15) is 18.2 Å². The molecule has 0 radical (unpaired) electrons. The zero-order chi connectivity index (χ0) is 14.0. The standard InChI is InChI=1S/C13H17N3O2S/c1-8(2)18-13(17)9(3)16(4)12-11-10(5-6-19-11)14-7-15-12/h5-9H,1-4H3. The number of rotatable bonds is 4. The molecule has 0 saturated heterocycles. The second kappa shape index (κ2) is 5.52. The zero-order valence-electron chi connectivity index (χ0n) is 11.5. The Bertz CT molecular complexity index is 582. The Hall–Kier alpha value is -1.69. The summed E-state index contributed by atoms with van der Waals surface area (Å²) in [5, 5.41) is 1.97. The molecule has 2 heterocycles. The number of hydrogen-bond acceptors (Lipinski definition) is 6.